The van der Waals surface area contributed by atoms with Crippen molar-refractivity contribution in [1.82, 2.24) is 15.3 Å². The van der Waals surface area contributed by atoms with Crippen LogP contribution in [0.1, 0.15) is 16.4 Å². The molecule has 0 saturated heterocycles. The summed E-state index contributed by atoms with van der Waals surface area (Å²) in [4.78, 5) is 8.67. The molecular formula is C12H15N3S. The highest BCUT2D eigenvalue weighted by Crippen LogP contribution is 2.08. The Morgan fingerprint density at radius 2 is 2.31 bits per heavy atom. The molecule has 0 aliphatic heterocycles. The molecule has 16 heavy (non-hydrogen) atoms. The van der Waals surface area contributed by atoms with Crippen molar-refractivity contribution in [2.24, 2.45) is 0 Å². The first kappa shape index (κ1) is 11.2. The molecule has 2 aromatic heterocycles. The van der Waals surface area contributed by atoms with Crippen LogP contribution in [0.4, 0.5) is 0 Å². The molecule has 0 aromatic carbocycles. The van der Waals surface area contributed by atoms with E-state index in [-0.39, 0.29) is 0 Å². The Hall–Kier alpha value is -1.26. The Labute approximate surface area is 99.6 Å². The van der Waals surface area contributed by atoms with E-state index in [4.69, 9.17) is 0 Å². The second kappa shape index (κ2) is 5.72. The third-order valence-electron chi connectivity index (χ3n) is 2.21. The number of hydrogen-bond acceptors (Lipinski definition) is 4. The van der Waals surface area contributed by atoms with Crippen LogP contribution in [-0.2, 0) is 13.0 Å². The normalized spacial score (nSPS) is 10.6. The summed E-state index contributed by atoms with van der Waals surface area (Å²) in [6.07, 6.45) is 2.81. The zero-order chi connectivity index (χ0) is 11.2. The van der Waals surface area contributed by atoms with E-state index in [0.717, 1.165) is 30.9 Å². The first-order valence-corrected chi connectivity index (χ1v) is 6.24. The predicted octanol–water partition coefficient (Wildman–Crippen LogP) is 2.18. The van der Waals surface area contributed by atoms with E-state index >= 15 is 0 Å². The van der Waals surface area contributed by atoms with Gasteiger partial charge in [0, 0.05) is 36.8 Å². The molecule has 0 aliphatic carbocycles. The number of rotatable bonds is 5. The lowest BCUT2D eigenvalue weighted by molar-refractivity contribution is 0.673. The molecule has 0 spiro atoms. The van der Waals surface area contributed by atoms with Crippen LogP contribution >= 0.6 is 11.3 Å². The first-order valence-electron chi connectivity index (χ1n) is 5.36. The van der Waals surface area contributed by atoms with E-state index in [1.54, 1.807) is 11.3 Å². The predicted molar refractivity (Wildman–Crippen MR) is 66.5 cm³/mol. The SMILES string of the molecule is Cc1csc(CCNCc2ccccn2)n1. The molecule has 84 valence electrons. The first-order chi connectivity index (χ1) is 7.84. The number of thiazole rings is 1. The van der Waals surface area contributed by atoms with Gasteiger partial charge < -0.3 is 5.32 Å². The van der Waals surface area contributed by atoms with Crippen LogP contribution in [0.15, 0.2) is 29.8 Å². The van der Waals surface area contributed by atoms with Crippen LogP contribution in [0.5, 0.6) is 0 Å². The lowest BCUT2D eigenvalue weighted by Gasteiger charge is -2.02. The fraction of sp³-hybridized carbons (Fsp3) is 0.333. The monoisotopic (exact) mass is 233 g/mol. The summed E-state index contributed by atoms with van der Waals surface area (Å²) in [5.41, 5.74) is 2.20. The molecule has 1 N–H and O–H groups in total. The number of aryl methyl sites for hydroxylation is 1. The van der Waals surface area contributed by atoms with Gasteiger partial charge in [-0.15, -0.1) is 11.3 Å². The molecule has 0 radical (unpaired) electrons. The van der Waals surface area contributed by atoms with Gasteiger partial charge in [0.05, 0.1) is 10.7 Å². The summed E-state index contributed by atoms with van der Waals surface area (Å²) in [7, 11) is 0. The molecule has 2 heterocycles. The van der Waals surface area contributed by atoms with Crippen molar-refractivity contribution in [3.05, 3.63) is 46.2 Å². The maximum absolute atomic E-state index is 4.42. The molecule has 0 bridgehead atoms. The highest BCUT2D eigenvalue weighted by molar-refractivity contribution is 7.09. The van der Waals surface area contributed by atoms with Crippen LogP contribution in [0.25, 0.3) is 0 Å². The van der Waals surface area contributed by atoms with Crippen molar-refractivity contribution in [3.8, 4) is 0 Å². The van der Waals surface area contributed by atoms with E-state index in [1.807, 2.05) is 31.3 Å². The van der Waals surface area contributed by atoms with Gasteiger partial charge in [-0.3, -0.25) is 4.98 Å². The fourth-order valence-corrected chi connectivity index (χ4v) is 2.21. The second-order valence-electron chi connectivity index (χ2n) is 3.63. The molecule has 0 unspecified atom stereocenters. The second-order valence-corrected chi connectivity index (χ2v) is 4.57. The third-order valence-corrected chi connectivity index (χ3v) is 3.24. The van der Waals surface area contributed by atoms with Gasteiger partial charge in [0.25, 0.3) is 0 Å². The van der Waals surface area contributed by atoms with Gasteiger partial charge in [-0.2, -0.15) is 0 Å². The van der Waals surface area contributed by atoms with E-state index in [1.165, 1.54) is 5.01 Å². The van der Waals surface area contributed by atoms with Gasteiger partial charge >= 0.3 is 0 Å². The number of aromatic nitrogens is 2. The lowest BCUT2D eigenvalue weighted by Crippen LogP contribution is -2.17. The topological polar surface area (TPSA) is 37.8 Å². The molecule has 4 heteroatoms. The van der Waals surface area contributed by atoms with Gasteiger partial charge in [-0.1, -0.05) is 6.07 Å². The minimum atomic E-state index is 0.825. The highest BCUT2D eigenvalue weighted by Gasteiger charge is 1.98. The van der Waals surface area contributed by atoms with Crippen molar-refractivity contribution >= 4 is 11.3 Å². The highest BCUT2D eigenvalue weighted by atomic mass is 32.1. The number of nitrogens with zero attached hydrogens (tertiary/aromatic N) is 2. The summed E-state index contributed by atoms with van der Waals surface area (Å²) < 4.78 is 0. The Morgan fingerprint density at radius 3 is 3.00 bits per heavy atom. The van der Waals surface area contributed by atoms with Crippen molar-refractivity contribution in [2.45, 2.75) is 19.9 Å². The molecule has 2 rings (SSSR count). The van der Waals surface area contributed by atoms with Gasteiger partial charge in [-0.25, -0.2) is 4.98 Å². The number of pyridine rings is 1. The average molecular weight is 233 g/mol. The summed E-state index contributed by atoms with van der Waals surface area (Å²) in [5, 5.41) is 6.65. The van der Waals surface area contributed by atoms with E-state index < -0.39 is 0 Å². The summed E-state index contributed by atoms with van der Waals surface area (Å²) in [6, 6.07) is 5.97. The summed E-state index contributed by atoms with van der Waals surface area (Å²) in [6.45, 7) is 3.80. The number of nitrogens with one attached hydrogen (secondary N) is 1. The summed E-state index contributed by atoms with van der Waals surface area (Å²) in [5.74, 6) is 0. The fourth-order valence-electron chi connectivity index (χ4n) is 1.43. The van der Waals surface area contributed by atoms with Crippen molar-refractivity contribution < 1.29 is 0 Å². The van der Waals surface area contributed by atoms with Gasteiger partial charge in [-0.05, 0) is 19.1 Å². The number of hydrogen-bond donors (Lipinski definition) is 1. The zero-order valence-electron chi connectivity index (χ0n) is 9.31. The minimum Gasteiger partial charge on any atom is -0.311 e. The van der Waals surface area contributed by atoms with E-state index in [0.29, 0.717) is 0 Å². The largest absolute Gasteiger partial charge is 0.311 e. The van der Waals surface area contributed by atoms with Crippen molar-refractivity contribution in [2.75, 3.05) is 6.54 Å². The molecule has 0 aliphatic rings. The Morgan fingerprint density at radius 1 is 1.38 bits per heavy atom. The molecule has 0 amide bonds. The van der Waals surface area contributed by atoms with Crippen LogP contribution < -0.4 is 5.32 Å². The van der Waals surface area contributed by atoms with Crippen LogP contribution in [0.3, 0.4) is 0 Å². The Kier molecular flexibility index (Phi) is 4.02. The van der Waals surface area contributed by atoms with Crippen LogP contribution in [0, 0.1) is 6.92 Å². The van der Waals surface area contributed by atoms with Crippen LogP contribution in [-0.4, -0.2) is 16.5 Å². The van der Waals surface area contributed by atoms with Gasteiger partial charge in [0.1, 0.15) is 0 Å². The van der Waals surface area contributed by atoms with Crippen molar-refractivity contribution in [1.29, 1.82) is 0 Å². The lowest BCUT2D eigenvalue weighted by atomic mass is 10.3. The van der Waals surface area contributed by atoms with E-state index in [9.17, 15) is 0 Å². The molecule has 2 aromatic rings. The molecule has 0 fully saturated rings. The Balaban J connectivity index is 1.69. The minimum absolute atomic E-state index is 0.825. The zero-order valence-corrected chi connectivity index (χ0v) is 10.1. The summed E-state index contributed by atoms with van der Waals surface area (Å²) >= 11 is 1.73. The quantitative estimate of drug-likeness (QED) is 0.804. The average Bonchev–Trinajstić information content (AvgIpc) is 2.72. The Bertz CT molecular complexity index is 425. The molecule has 0 saturated carbocycles. The third kappa shape index (κ3) is 3.40. The van der Waals surface area contributed by atoms with Gasteiger partial charge in [0.2, 0.25) is 0 Å². The maximum atomic E-state index is 4.42. The standard InChI is InChI=1S/C12H15N3S/c1-10-9-16-12(15-10)5-7-13-8-11-4-2-3-6-14-11/h2-4,6,9,13H,5,7-8H2,1H3. The van der Waals surface area contributed by atoms with Crippen molar-refractivity contribution in [3.63, 3.8) is 0 Å². The maximum Gasteiger partial charge on any atom is 0.0940 e. The van der Waals surface area contributed by atoms with Gasteiger partial charge in [0.15, 0.2) is 0 Å². The molecule has 3 nitrogen and oxygen atoms in total. The molecule has 0 atom stereocenters. The van der Waals surface area contributed by atoms with Crippen LogP contribution in [0.2, 0.25) is 0 Å². The molecular weight excluding hydrogens is 218 g/mol. The van der Waals surface area contributed by atoms with E-state index in [2.05, 4.69) is 20.7 Å². The smallest absolute Gasteiger partial charge is 0.0940 e.